The number of hydrogen-bond donors (Lipinski definition) is 12. The molecular weight excluding hydrogens is 1470 g/mol. The molecule has 0 spiro atoms. The van der Waals surface area contributed by atoms with Crippen molar-refractivity contribution in [3.8, 4) is 0 Å². The lowest BCUT2D eigenvalue weighted by Crippen LogP contribution is -2.66. The predicted octanol–water partition coefficient (Wildman–Crippen LogP) is 18.4. The summed E-state index contributed by atoms with van der Waals surface area (Å²) in [5, 5.41) is 121. The zero-order valence-electron chi connectivity index (χ0n) is 72.2. The average Bonchev–Trinajstić information content (AvgIpc) is 0.783. The van der Waals surface area contributed by atoms with Gasteiger partial charge in [-0.15, -0.1) is 0 Å². The Labute approximate surface area is 702 Å². The van der Waals surface area contributed by atoms with Crippen LogP contribution in [0.4, 0.5) is 0 Å². The van der Waals surface area contributed by atoms with E-state index in [4.69, 9.17) is 28.4 Å². The molecule has 3 heterocycles. The summed E-state index contributed by atoms with van der Waals surface area (Å²) in [5.74, 6) is -0.255. The van der Waals surface area contributed by atoms with Crippen molar-refractivity contribution in [1.29, 1.82) is 0 Å². The second-order valence-electron chi connectivity index (χ2n) is 32.4. The first kappa shape index (κ1) is 106. The van der Waals surface area contributed by atoms with Crippen molar-refractivity contribution in [2.45, 2.75) is 446 Å². The first-order valence-corrected chi connectivity index (χ1v) is 46.4. The fourth-order valence-electron chi connectivity index (χ4n) is 14.9. The number of unbranched alkanes of at least 4 members (excludes halogenated alkanes) is 36. The molecule has 116 heavy (non-hydrogen) atoms. The van der Waals surface area contributed by atoms with Gasteiger partial charge in [0, 0.05) is 6.42 Å². The Kier molecular flexibility index (Phi) is 68.4. The molecule has 668 valence electrons. The molecule has 3 aliphatic rings. The second kappa shape index (κ2) is 74.7. The van der Waals surface area contributed by atoms with E-state index in [1.165, 1.54) is 167 Å². The summed E-state index contributed by atoms with van der Waals surface area (Å²) in [6.07, 6.45) is 81.2. The van der Waals surface area contributed by atoms with Gasteiger partial charge in [-0.05, 0) is 96.3 Å². The number of rotatable bonds is 74. The van der Waals surface area contributed by atoms with Gasteiger partial charge in [0.25, 0.3) is 0 Å². The largest absolute Gasteiger partial charge is 0.394 e. The molecule has 3 aliphatic heterocycles. The van der Waals surface area contributed by atoms with E-state index in [2.05, 4.69) is 153 Å². The fourth-order valence-corrected chi connectivity index (χ4v) is 14.9. The van der Waals surface area contributed by atoms with Gasteiger partial charge in [-0.25, -0.2) is 0 Å². The van der Waals surface area contributed by atoms with Crippen molar-refractivity contribution >= 4 is 5.91 Å². The SMILES string of the molecule is CC/C=C\C/C=C\C/C=C\C/C=C\C/C=C\C/C=C\C/C=C\C/C=C\C/C=C\C/C=C\C/C=C\CCCCCCCCCC(=O)NC(COC1OC(CO)C(OC2OC(CO)C(OC3OC(CO)C(O)C(O)C3O)C(O)C2O)C(O)C1O)C(O)CCCCCCCCCCCCCCCCCCCCCCCCCCCCCCCC. The standard InChI is InChI=1S/C97H167NO18/c1-3-5-7-9-11-13-15-17-19-21-23-25-27-29-31-33-35-36-37-38-39-40-41-42-43-44-45-47-49-51-53-55-57-59-61-63-65-67-69-71-73-75-85(103)98-80(81(102)74-72-70-68-66-64-62-60-58-56-54-52-50-48-46-34-32-30-28-26-24-22-20-18-16-14-12-10-8-6-4-2)79-111-95-91(109)88(106)93(83(77-100)113-95)116-97-92(110)89(107)94(84(78-101)114-97)115-96-90(108)87(105)86(104)82(76-99)112-96/h5,7,11,13,17,19,23,25,29,31,35-36,38-39,41-42,44-45,49,51,55,57,80-84,86-97,99-102,104-110H,3-4,6,8-10,12,14-16,18,20-22,24,26-28,30,32-34,37,40,43,46-48,50,52-54,56,58-79H2,1-2H3,(H,98,103)/b7-5-,13-11-,19-17-,25-23-,31-29-,36-35-,39-38-,42-41-,45-44-,51-49-,57-55-. The monoisotopic (exact) mass is 1630 g/mol. The molecule has 0 aromatic heterocycles. The van der Waals surface area contributed by atoms with E-state index in [9.17, 15) is 61.0 Å². The van der Waals surface area contributed by atoms with E-state index < -0.39 is 124 Å². The smallest absolute Gasteiger partial charge is 0.220 e. The molecule has 0 saturated carbocycles. The number of allylic oxidation sites excluding steroid dienone is 22. The molecular formula is C97H167NO18. The minimum Gasteiger partial charge on any atom is -0.394 e. The molecule has 17 atom stereocenters. The minimum atomic E-state index is -1.98. The molecule has 1 amide bonds. The number of aliphatic hydroxyl groups is 11. The summed E-state index contributed by atoms with van der Waals surface area (Å²) in [6.45, 7) is 1.71. The van der Waals surface area contributed by atoms with Gasteiger partial charge in [0.05, 0.1) is 38.6 Å². The fraction of sp³-hybridized carbons (Fsp3) is 0.763. The molecule has 0 aliphatic carbocycles. The van der Waals surface area contributed by atoms with E-state index in [0.29, 0.717) is 12.8 Å². The number of hydrogen-bond acceptors (Lipinski definition) is 18. The lowest BCUT2D eigenvalue weighted by atomic mass is 9.96. The van der Waals surface area contributed by atoms with Crippen LogP contribution >= 0.6 is 0 Å². The Morgan fingerprint density at radius 1 is 0.319 bits per heavy atom. The Bertz CT molecular complexity index is 2620. The topological polar surface area (TPSA) is 307 Å². The Balaban J connectivity index is 1.33. The first-order chi connectivity index (χ1) is 56.8. The third-order valence-electron chi connectivity index (χ3n) is 22.2. The van der Waals surface area contributed by atoms with Gasteiger partial charge in [0.15, 0.2) is 18.9 Å². The van der Waals surface area contributed by atoms with Crippen LogP contribution in [0.5, 0.6) is 0 Å². The number of amides is 1. The summed E-state index contributed by atoms with van der Waals surface area (Å²) < 4.78 is 34.6. The number of nitrogens with one attached hydrogen (secondary N) is 1. The van der Waals surface area contributed by atoms with E-state index in [-0.39, 0.29) is 18.9 Å². The van der Waals surface area contributed by atoms with Gasteiger partial charge in [-0.3, -0.25) is 4.79 Å². The van der Waals surface area contributed by atoms with Gasteiger partial charge in [-0.2, -0.15) is 0 Å². The van der Waals surface area contributed by atoms with Crippen molar-refractivity contribution in [3.63, 3.8) is 0 Å². The highest BCUT2D eigenvalue weighted by Crippen LogP contribution is 2.34. The first-order valence-electron chi connectivity index (χ1n) is 46.4. The van der Waals surface area contributed by atoms with Crippen LogP contribution in [0.3, 0.4) is 0 Å². The third-order valence-corrected chi connectivity index (χ3v) is 22.2. The third kappa shape index (κ3) is 52.3. The van der Waals surface area contributed by atoms with Crippen molar-refractivity contribution in [3.05, 3.63) is 134 Å². The molecule has 0 radical (unpaired) electrons. The van der Waals surface area contributed by atoms with Crippen molar-refractivity contribution in [2.75, 3.05) is 26.4 Å². The zero-order chi connectivity index (χ0) is 83.8. The Morgan fingerprint density at radius 2 is 0.595 bits per heavy atom. The molecule has 12 N–H and O–H groups in total. The van der Waals surface area contributed by atoms with Crippen LogP contribution in [-0.4, -0.2) is 193 Å². The highest BCUT2D eigenvalue weighted by atomic mass is 16.8. The van der Waals surface area contributed by atoms with Crippen LogP contribution in [0.2, 0.25) is 0 Å². The van der Waals surface area contributed by atoms with Crippen molar-refractivity contribution in [1.82, 2.24) is 5.32 Å². The molecule has 19 nitrogen and oxygen atoms in total. The van der Waals surface area contributed by atoms with E-state index in [0.717, 1.165) is 141 Å². The predicted molar refractivity (Wildman–Crippen MR) is 470 cm³/mol. The number of ether oxygens (including phenoxy) is 6. The Hall–Kier alpha value is -4.07. The maximum Gasteiger partial charge on any atom is 0.220 e. The lowest BCUT2D eigenvalue weighted by molar-refractivity contribution is -0.379. The summed E-state index contributed by atoms with van der Waals surface area (Å²) in [6, 6.07) is -0.905. The summed E-state index contributed by atoms with van der Waals surface area (Å²) in [5.41, 5.74) is 0. The summed E-state index contributed by atoms with van der Waals surface area (Å²) in [7, 11) is 0. The van der Waals surface area contributed by atoms with E-state index in [1.807, 2.05) is 0 Å². The van der Waals surface area contributed by atoms with Crippen LogP contribution in [0, 0.1) is 0 Å². The van der Waals surface area contributed by atoms with Gasteiger partial charge < -0.3 is 89.9 Å². The lowest BCUT2D eigenvalue weighted by Gasteiger charge is -2.48. The molecule has 3 saturated heterocycles. The van der Waals surface area contributed by atoms with Crippen molar-refractivity contribution in [2.24, 2.45) is 0 Å². The summed E-state index contributed by atoms with van der Waals surface area (Å²) >= 11 is 0. The van der Waals surface area contributed by atoms with E-state index in [1.54, 1.807) is 0 Å². The van der Waals surface area contributed by atoms with E-state index >= 15 is 0 Å². The maximum absolute atomic E-state index is 13.6. The molecule has 0 aromatic carbocycles. The van der Waals surface area contributed by atoms with Crippen LogP contribution in [-0.2, 0) is 33.2 Å². The quantitative estimate of drug-likeness (QED) is 0.0199. The van der Waals surface area contributed by atoms with Crippen LogP contribution in [0.25, 0.3) is 0 Å². The molecule has 0 aromatic rings. The molecule has 3 fully saturated rings. The zero-order valence-corrected chi connectivity index (χ0v) is 72.2. The normalized spacial score (nSPS) is 25.1. The highest BCUT2D eigenvalue weighted by Gasteiger charge is 2.54. The number of carbonyl (C=O) groups is 1. The minimum absolute atomic E-state index is 0.246. The Morgan fingerprint density at radius 3 is 0.931 bits per heavy atom. The summed E-state index contributed by atoms with van der Waals surface area (Å²) in [4.78, 5) is 13.6. The molecule has 17 unspecified atom stereocenters. The number of carbonyl (C=O) groups excluding carboxylic acids is 1. The van der Waals surface area contributed by atoms with Gasteiger partial charge >= 0.3 is 0 Å². The average molecular weight is 1640 g/mol. The van der Waals surface area contributed by atoms with Gasteiger partial charge in [0.2, 0.25) is 5.91 Å². The molecule has 19 heteroatoms. The molecule has 0 bridgehead atoms. The van der Waals surface area contributed by atoms with Crippen molar-refractivity contribution < 1.29 is 89.4 Å². The highest BCUT2D eigenvalue weighted by molar-refractivity contribution is 5.76. The van der Waals surface area contributed by atoms with Crippen LogP contribution in [0.15, 0.2) is 134 Å². The van der Waals surface area contributed by atoms with Crippen LogP contribution < -0.4 is 5.32 Å². The number of aliphatic hydroxyl groups excluding tert-OH is 11. The van der Waals surface area contributed by atoms with Gasteiger partial charge in [0.1, 0.15) is 73.2 Å². The molecule has 3 rings (SSSR count). The second-order valence-corrected chi connectivity index (χ2v) is 32.4. The van der Waals surface area contributed by atoms with Gasteiger partial charge in [-0.1, -0.05) is 372 Å². The maximum atomic E-state index is 13.6. The van der Waals surface area contributed by atoms with Crippen LogP contribution in [0.1, 0.15) is 341 Å².